The van der Waals surface area contributed by atoms with Crippen molar-refractivity contribution in [1.82, 2.24) is 20.9 Å². The number of carbonyl (C=O) groups is 2. The van der Waals surface area contributed by atoms with E-state index in [-0.39, 0.29) is 18.5 Å². The molecule has 2 heterocycles. The molecule has 0 aromatic heterocycles. The zero-order chi connectivity index (χ0) is 18.6. The van der Waals surface area contributed by atoms with Gasteiger partial charge in [0, 0.05) is 32.7 Å². The van der Waals surface area contributed by atoms with E-state index < -0.39 is 0 Å². The van der Waals surface area contributed by atoms with E-state index in [0.29, 0.717) is 19.6 Å². The molecule has 0 radical (unpaired) electrons. The van der Waals surface area contributed by atoms with Crippen molar-refractivity contribution in [2.45, 2.75) is 32.6 Å². The molecule has 140 valence electrons. The minimum absolute atomic E-state index is 0.0104. The van der Waals surface area contributed by atoms with E-state index in [9.17, 15) is 9.59 Å². The lowest BCUT2D eigenvalue weighted by atomic mass is 10.0. The van der Waals surface area contributed by atoms with Crippen LogP contribution in [0.1, 0.15) is 27.8 Å². The van der Waals surface area contributed by atoms with Gasteiger partial charge in [-0.25, -0.2) is 4.79 Å². The van der Waals surface area contributed by atoms with Gasteiger partial charge >= 0.3 is 6.03 Å². The Kier molecular flexibility index (Phi) is 5.07. The summed E-state index contributed by atoms with van der Waals surface area (Å²) in [7, 11) is 0. The first-order valence-electron chi connectivity index (χ1n) is 9.37. The van der Waals surface area contributed by atoms with Crippen LogP contribution in [-0.2, 0) is 37.4 Å². The van der Waals surface area contributed by atoms with Gasteiger partial charge in [0.05, 0.1) is 6.54 Å². The summed E-state index contributed by atoms with van der Waals surface area (Å²) in [4.78, 5) is 26.2. The average molecular weight is 364 g/mol. The quantitative estimate of drug-likeness (QED) is 0.773. The van der Waals surface area contributed by atoms with Crippen molar-refractivity contribution >= 4 is 11.9 Å². The summed E-state index contributed by atoms with van der Waals surface area (Å²) in [6.07, 6.45) is 0.850. The Labute approximate surface area is 158 Å². The predicted molar refractivity (Wildman–Crippen MR) is 103 cm³/mol. The maximum atomic E-state index is 12.3. The summed E-state index contributed by atoms with van der Waals surface area (Å²) in [6.45, 7) is 3.52. The van der Waals surface area contributed by atoms with E-state index in [2.05, 4.69) is 34.1 Å². The zero-order valence-corrected chi connectivity index (χ0v) is 15.3. The smallest absolute Gasteiger partial charge is 0.318 e. The molecule has 6 heteroatoms. The highest BCUT2D eigenvalue weighted by Crippen LogP contribution is 2.18. The summed E-state index contributed by atoms with van der Waals surface area (Å²) < 4.78 is 0. The Bertz CT molecular complexity index is 865. The SMILES string of the molecule is O=C(CNC(=O)N1CCc2ccccc2C1)NCc1ccc2c(c1)CNC2. The maximum absolute atomic E-state index is 12.3. The van der Waals surface area contributed by atoms with Gasteiger partial charge in [-0.2, -0.15) is 0 Å². The summed E-state index contributed by atoms with van der Waals surface area (Å²) in [5.74, 6) is -0.181. The number of rotatable bonds is 4. The van der Waals surface area contributed by atoms with Crippen molar-refractivity contribution in [3.05, 3.63) is 70.3 Å². The number of nitrogens with zero attached hydrogens (tertiary/aromatic N) is 1. The molecule has 2 aliphatic rings. The van der Waals surface area contributed by atoms with E-state index in [0.717, 1.165) is 25.1 Å². The summed E-state index contributed by atoms with van der Waals surface area (Å²) in [6, 6.07) is 14.2. The number of hydrogen-bond donors (Lipinski definition) is 3. The van der Waals surface area contributed by atoms with Crippen LogP contribution in [0.25, 0.3) is 0 Å². The van der Waals surface area contributed by atoms with E-state index >= 15 is 0 Å². The van der Waals surface area contributed by atoms with Crippen molar-refractivity contribution in [2.24, 2.45) is 0 Å². The molecule has 0 unspecified atom stereocenters. The second-order valence-electron chi connectivity index (χ2n) is 7.08. The highest BCUT2D eigenvalue weighted by Gasteiger charge is 2.20. The molecule has 0 spiro atoms. The topological polar surface area (TPSA) is 73.5 Å². The van der Waals surface area contributed by atoms with Gasteiger partial charge in [0.15, 0.2) is 0 Å². The molecule has 3 N–H and O–H groups in total. The van der Waals surface area contributed by atoms with Gasteiger partial charge < -0.3 is 20.9 Å². The fraction of sp³-hybridized carbons (Fsp3) is 0.333. The maximum Gasteiger partial charge on any atom is 0.318 e. The number of carbonyl (C=O) groups excluding carboxylic acids is 2. The Morgan fingerprint density at radius 3 is 2.67 bits per heavy atom. The second-order valence-corrected chi connectivity index (χ2v) is 7.08. The number of fused-ring (bicyclic) bond motifs is 2. The molecule has 6 nitrogen and oxygen atoms in total. The molecule has 0 bridgehead atoms. The van der Waals surface area contributed by atoms with Crippen LogP contribution in [0.3, 0.4) is 0 Å². The van der Waals surface area contributed by atoms with Gasteiger partial charge in [0.1, 0.15) is 0 Å². The Morgan fingerprint density at radius 2 is 1.78 bits per heavy atom. The number of benzene rings is 2. The molecular formula is C21H24N4O2. The molecule has 0 saturated heterocycles. The molecule has 3 amide bonds. The first-order valence-corrected chi connectivity index (χ1v) is 9.37. The largest absolute Gasteiger partial charge is 0.350 e. The van der Waals surface area contributed by atoms with Crippen molar-refractivity contribution in [2.75, 3.05) is 13.1 Å². The summed E-state index contributed by atoms with van der Waals surface area (Å²) >= 11 is 0. The molecule has 2 aromatic carbocycles. The minimum Gasteiger partial charge on any atom is -0.350 e. The number of nitrogens with one attached hydrogen (secondary N) is 3. The van der Waals surface area contributed by atoms with E-state index in [1.807, 2.05) is 24.3 Å². The first kappa shape index (κ1) is 17.5. The lowest BCUT2D eigenvalue weighted by Gasteiger charge is -2.28. The molecule has 2 aliphatic heterocycles. The molecule has 0 atom stereocenters. The van der Waals surface area contributed by atoms with Crippen LogP contribution in [0.2, 0.25) is 0 Å². The van der Waals surface area contributed by atoms with E-state index in [1.165, 1.54) is 22.3 Å². The van der Waals surface area contributed by atoms with E-state index in [4.69, 9.17) is 0 Å². The Morgan fingerprint density at radius 1 is 0.963 bits per heavy atom. The van der Waals surface area contributed by atoms with Crippen LogP contribution in [-0.4, -0.2) is 29.9 Å². The van der Waals surface area contributed by atoms with Crippen molar-refractivity contribution in [1.29, 1.82) is 0 Å². The molecule has 0 saturated carbocycles. The van der Waals surface area contributed by atoms with Crippen LogP contribution in [0.4, 0.5) is 4.79 Å². The van der Waals surface area contributed by atoms with Gasteiger partial charge in [-0.3, -0.25) is 4.79 Å². The van der Waals surface area contributed by atoms with Crippen LogP contribution < -0.4 is 16.0 Å². The fourth-order valence-corrected chi connectivity index (χ4v) is 3.66. The Balaban J connectivity index is 1.23. The zero-order valence-electron chi connectivity index (χ0n) is 15.3. The molecule has 0 fully saturated rings. The highest BCUT2D eigenvalue weighted by molar-refractivity contribution is 5.84. The normalized spacial score (nSPS) is 15.0. The van der Waals surface area contributed by atoms with Gasteiger partial charge in [-0.05, 0) is 34.2 Å². The van der Waals surface area contributed by atoms with E-state index in [1.54, 1.807) is 4.90 Å². The second kappa shape index (κ2) is 7.80. The van der Waals surface area contributed by atoms with Crippen LogP contribution in [0.5, 0.6) is 0 Å². The van der Waals surface area contributed by atoms with Crippen LogP contribution in [0, 0.1) is 0 Å². The summed E-state index contributed by atoms with van der Waals surface area (Å²) in [5, 5.41) is 8.91. The minimum atomic E-state index is -0.191. The number of hydrogen-bond acceptors (Lipinski definition) is 3. The predicted octanol–water partition coefficient (Wildman–Crippen LogP) is 1.67. The third kappa shape index (κ3) is 4.11. The van der Waals surface area contributed by atoms with Gasteiger partial charge in [0.2, 0.25) is 5.91 Å². The van der Waals surface area contributed by atoms with Gasteiger partial charge in [-0.15, -0.1) is 0 Å². The molecule has 27 heavy (non-hydrogen) atoms. The highest BCUT2D eigenvalue weighted by atomic mass is 16.2. The standard InChI is InChI=1S/C21H24N4O2/c26-20(23-10-15-5-6-17-11-22-12-19(17)9-15)13-24-21(27)25-8-7-16-3-1-2-4-18(16)14-25/h1-6,9,22H,7-8,10-14H2,(H,23,26)(H,24,27). The average Bonchev–Trinajstić information content (AvgIpc) is 3.18. The van der Waals surface area contributed by atoms with Crippen LogP contribution in [0.15, 0.2) is 42.5 Å². The number of amides is 3. The molecule has 0 aliphatic carbocycles. The monoisotopic (exact) mass is 364 g/mol. The third-order valence-corrected chi connectivity index (χ3v) is 5.21. The van der Waals surface area contributed by atoms with Gasteiger partial charge in [-0.1, -0.05) is 42.5 Å². The third-order valence-electron chi connectivity index (χ3n) is 5.21. The van der Waals surface area contributed by atoms with Crippen molar-refractivity contribution in [3.8, 4) is 0 Å². The summed E-state index contributed by atoms with van der Waals surface area (Å²) in [5.41, 5.74) is 6.16. The first-order chi connectivity index (χ1) is 13.2. The molecule has 2 aromatic rings. The van der Waals surface area contributed by atoms with Crippen LogP contribution >= 0.6 is 0 Å². The Hall–Kier alpha value is -2.86. The molecular weight excluding hydrogens is 340 g/mol. The van der Waals surface area contributed by atoms with Gasteiger partial charge in [0.25, 0.3) is 0 Å². The van der Waals surface area contributed by atoms with Crippen molar-refractivity contribution < 1.29 is 9.59 Å². The number of urea groups is 1. The molecule has 4 rings (SSSR count). The lowest BCUT2D eigenvalue weighted by molar-refractivity contribution is -0.120. The lowest BCUT2D eigenvalue weighted by Crippen LogP contribution is -2.46. The van der Waals surface area contributed by atoms with Crippen molar-refractivity contribution in [3.63, 3.8) is 0 Å². The fourth-order valence-electron chi connectivity index (χ4n) is 3.66.